The van der Waals surface area contributed by atoms with Gasteiger partial charge in [-0.2, -0.15) is 0 Å². The normalized spacial score (nSPS) is 10.6. The van der Waals surface area contributed by atoms with Gasteiger partial charge in [0.25, 0.3) is 0 Å². The maximum absolute atomic E-state index is 5.63. The van der Waals surface area contributed by atoms with Crippen molar-refractivity contribution in [2.45, 2.75) is 26.8 Å². The fraction of sp³-hybridized carbons (Fsp3) is 0.417. The smallest absolute Gasteiger partial charge is 0.240 e. The van der Waals surface area contributed by atoms with Crippen LogP contribution in [0.3, 0.4) is 0 Å². The molecule has 96 valence electrons. The van der Waals surface area contributed by atoms with Gasteiger partial charge < -0.3 is 10.1 Å². The van der Waals surface area contributed by atoms with Gasteiger partial charge in [0.1, 0.15) is 6.33 Å². The fourth-order valence-corrected chi connectivity index (χ4v) is 1.50. The van der Waals surface area contributed by atoms with Crippen LogP contribution < -0.4 is 10.1 Å². The highest BCUT2D eigenvalue weighted by molar-refractivity contribution is 5.27. The average Bonchev–Trinajstić information content (AvgIpc) is 2.77. The first-order chi connectivity index (χ1) is 8.79. The Hall–Kier alpha value is -1.95. The van der Waals surface area contributed by atoms with Gasteiger partial charge in [-0.3, -0.25) is 5.10 Å². The quantitative estimate of drug-likeness (QED) is 0.761. The van der Waals surface area contributed by atoms with Crippen LogP contribution >= 0.6 is 0 Å². The van der Waals surface area contributed by atoms with Crippen molar-refractivity contribution in [2.24, 2.45) is 0 Å². The number of aromatic nitrogens is 4. The van der Waals surface area contributed by atoms with Crippen molar-refractivity contribution in [3.05, 3.63) is 29.8 Å². The van der Waals surface area contributed by atoms with E-state index in [0.717, 1.165) is 24.2 Å². The topological polar surface area (TPSA) is 75.7 Å². The van der Waals surface area contributed by atoms with Crippen molar-refractivity contribution in [2.75, 3.05) is 6.54 Å². The molecule has 6 heteroatoms. The highest BCUT2D eigenvalue weighted by Gasteiger charge is 2.08. The molecule has 0 saturated heterocycles. The largest absolute Gasteiger partial charge is 0.419 e. The SMILES string of the molecule is CCCNCc1cncnc1Oc1cc(C)[nH]n1. The van der Waals surface area contributed by atoms with Gasteiger partial charge in [0.05, 0.1) is 0 Å². The van der Waals surface area contributed by atoms with Crippen molar-refractivity contribution >= 4 is 0 Å². The molecular weight excluding hydrogens is 230 g/mol. The van der Waals surface area contributed by atoms with Gasteiger partial charge in [-0.05, 0) is 19.9 Å². The van der Waals surface area contributed by atoms with Crippen LogP contribution in [0.1, 0.15) is 24.6 Å². The number of hydrogen-bond acceptors (Lipinski definition) is 5. The Balaban J connectivity index is 2.07. The average molecular weight is 247 g/mol. The van der Waals surface area contributed by atoms with Gasteiger partial charge in [-0.15, -0.1) is 5.10 Å². The molecule has 2 heterocycles. The molecule has 6 nitrogen and oxygen atoms in total. The van der Waals surface area contributed by atoms with Crippen molar-refractivity contribution in [1.82, 2.24) is 25.5 Å². The minimum absolute atomic E-state index is 0.517. The van der Waals surface area contributed by atoms with Crippen LogP contribution in [0.4, 0.5) is 0 Å². The number of H-pyrrole nitrogens is 1. The second kappa shape index (κ2) is 6.11. The van der Waals surface area contributed by atoms with E-state index in [1.165, 1.54) is 6.33 Å². The first-order valence-corrected chi connectivity index (χ1v) is 5.99. The van der Waals surface area contributed by atoms with Gasteiger partial charge in [0.15, 0.2) is 0 Å². The van der Waals surface area contributed by atoms with Crippen LogP contribution in [0.5, 0.6) is 11.8 Å². The number of ether oxygens (including phenoxy) is 1. The summed E-state index contributed by atoms with van der Waals surface area (Å²) in [7, 11) is 0. The summed E-state index contributed by atoms with van der Waals surface area (Å²) < 4.78 is 5.63. The molecular formula is C12H17N5O. The zero-order valence-electron chi connectivity index (χ0n) is 10.6. The number of rotatable bonds is 6. The van der Waals surface area contributed by atoms with Crippen LogP contribution in [0.2, 0.25) is 0 Å². The number of hydrogen-bond donors (Lipinski definition) is 2. The zero-order chi connectivity index (χ0) is 12.8. The van der Waals surface area contributed by atoms with Gasteiger partial charge >= 0.3 is 0 Å². The number of aromatic amines is 1. The van der Waals surface area contributed by atoms with E-state index in [1.54, 1.807) is 6.20 Å². The molecule has 0 atom stereocenters. The molecule has 2 N–H and O–H groups in total. The van der Waals surface area contributed by atoms with Crippen molar-refractivity contribution in [3.8, 4) is 11.8 Å². The lowest BCUT2D eigenvalue weighted by atomic mass is 10.3. The molecule has 0 amide bonds. The van der Waals surface area contributed by atoms with Gasteiger partial charge in [-0.1, -0.05) is 6.92 Å². The minimum atomic E-state index is 0.517. The second-order valence-electron chi connectivity index (χ2n) is 4.02. The molecule has 0 radical (unpaired) electrons. The summed E-state index contributed by atoms with van der Waals surface area (Å²) in [6, 6.07) is 1.82. The van der Waals surface area contributed by atoms with E-state index in [-0.39, 0.29) is 0 Å². The Morgan fingerprint density at radius 1 is 1.44 bits per heavy atom. The molecule has 2 aromatic heterocycles. The van der Waals surface area contributed by atoms with E-state index in [4.69, 9.17) is 4.74 Å². The molecule has 0 aliphatic carbocycles. The third kappa shape index (κ3) is 3.27. The number of aryl methyl sites for hydroxylation is 1. The minimum Gasteiger partial charge on any atom is -0.419 e. The first kappa shape index (κ1) is 12.5. The number of nitrogens with zero attached hydrogens (tertiary/aromatic N) is 3. The van der Waals surface area contributed by atoms with E-state index in [9.17, 15) is 0 Å². The monoisotopic (exact) mass is 247 g/mol. The summed E-state index contributed by atoms with van der Waals surface area (Å²) in [6.07, 6.45) is 4.31. The highest BCUT2D eigenvalue weighted by atomic mass is 16.5. The molecule has 0 saturated carbocycles. The molecule has 0 aliphatic rings. The van der Waals surface area contributed by atoms with Crippen LogP contribution in [0.15, 0.2) is 18.6 Å². The maximum atomic E-state index is 5.63. The molecule has 0 fully saturated rings. The molecule has 0 unspecified atom stereocenters. The van der Waals surface area contributed by atoms with E-state index >= 15 is 0 Å². The van der Waals surface area contributed by atoms with Gasteiger partial charge in [0.2, 0.25) is 11.8 Å². The molecule has 2 aromatic rings. The Bertz CT molecular complexity index is 497. The van der Waals surface area contributed by atoms with Crippen LogP contribution in [-0.4, -0.2) is 26.7 Å². The van der Waals surface area contributed by atoms with E-state index < -0.39 is 0 Å². The van der Waals surface area contributed by atoms with Crippen LogP contribution in [0.25, 0.3) is 0 Å². The van der Waals surface area contributed by atoms with Gasteiger partial charge in [0, 0.05) is 30.1 Å². The maximum Gasteiger partial charge on any atom is 0.240 e. The summed E-state index contributed by atoms with van der Waals surface area (Å²) >= 11 is 0. The van der Waals surface area contributed by atoms with Crippen molar-refractivity contribution < 1.29 is 4.74 Å². The summed E-state index contributed by atoms with van der Waals surface area (Å²) in [5.74, 6) is 1.06. The van der Waals surface area contributed by atoms with Gasteiger partial charge in [-0.25, -0.2) is 9.97 Å². The predicted octanol–water partition coefficient (Wildman–Crippen LogP) is 1.80. The van der Waals surface area contributed by atoms with E-state index in [0.29, 0.717) is 18.3 Å². The highest BCUT2D eigenvalue weighted by Crippen LogP contribution is 2.20. The van der Waals surface area contributed by atoms with Crippen LogP contribution in [-0.2, 0) is 6.54 Å². The lowest BCUT2D eigenvalue weighted by molar-refractivity contribution is 0.433. The zero-order valence-corrected chi connectivity index (χ0v) is 10.6. The summed E-state index contributed by atoms with van der Waals surface area (Å²) in [4.78, 5) is 8.15. The summed E-state index contributed by atoms with van der Waals surface area (Å²) in [5.41, 5.74) is 1.87. The fourth-order valence-electron chi connectivity index (χ4n) is 1.50. The van der Waals surface area contributed by atoms with E-state index in [1.807, 2.05) is 13.0 Å². The number of nitrogens with one attached hydrogen (secondary N) is 2. The van der Waals surface area contributed by atoms with E-state index in [2.05, 4.69) is 32.4 Å². The molecule has 0 spiro atoms. The lowest BCUT2D eigenvalue weighted by Crippen LogP contribution is -2.14. The van der Waals surface area contributed by atoms with Crippen molar-refractivity contribution in [3.63, 3.8) is 0 Å². The summed E-state index contributed by atoms with van der Waals surface area (Å²) in [6.45, 7) is 5.69. The standard InChI is InChI=1S/C12H17N5O/c1-3-4-13-6-10-7-14-8-15-12(10)18-11-5-9(2)16-17-11/h5,7-8,13H,3-4,6H2,1-2H3,(H,16,17). The van der Waals surface area contributed by atoms with Crippen molar-refractivity contribution in [1.29, 1.82) is 0 Å². The first-order valence-electron chi connectivity index (χ1n) is 5.99. The molecule has 0 aliphatic heterocycles. The molecule has 2 rings (SSSR count). The Kier molecular flexibility index (Phi) is 4.25. The third-order valence-electron chi connectivity index (χ3n) is 2.37. The Morgan fingerprint density at radius 3 is 3.06 bits per heavy atom. The summed E-state index contributed by atoms with van der Waals surface area (Å²) in [5, 5.41) is 10.1. The Labute approximate surface area is 106 Å². The Morgan fingerprint density at radius 2 is 2.33 bits per heavy atom. The molecule has 0 bridgehead atoms. The van der Waals surface area contributed by atoms with Crippen LogP contribution in [0, 0.1) is 6.92 Å². The molecule has 0 aromatic carbocycles. The predicted molar refractivity (Wildman–Crippen MR) is 67.4 cm³/mol. The second-order valence-corrected chi connectivity index (χ2v) is 4.02. The lowest BCUT2D eigenvalue weighted by Gasteiger charge is -2.07. The molecule has 18 heavy (non-hydrogen) atoms. The third-order valence-corrected chi connectivity index (χ3v) is 2.37.